The SMILES string of the molecule is CCOC1CCCO1.COC(=O)[C@@H]1C[C@@H](C(=O)Sc2ccc(C)cc2)CN1C(=O)OC(C)(C)C.COC(=O)[C@@H]1C[C@@H](CO)CN1C(=O)OC(C)(C)C.[B].[H-].[Na+]. The Morgan fingerprint density at radius 3 is 1.80 bits per heavy atom. The van der Waals surface area contributed by atoms with Crippen LogP contribution in [0.25, 0.3) is 0 Å². The van der Waals surface area contributed by atoms with E-state index in [-0.39, 0.29) is 76.3 Å². The van der Waals surface area contributed by atoms with E-state index in [0.717, 1.165) is 48.3 Å². The van der Waals surface area contributed by atoms with Gasteiger partial charge in [-0.1, -0.05) is 29.5 Å². The van der Waals surface area contributed by atoms with Crippen LogP contribution in [0.1, 0.15) is 81.1 Å². The van der Waals surface area contributed by atoms with Gasteiger partial charge in [-0.25, -0.2) is 19.2 Å². The summed E-state index contributed by atoms with van der Waals surface area (Å²) in [6.45, 7) is 16.6. The number of likely N-dealkylation sites (tertiary alicyclic amines) is 2. The molecule has 299 valence electrons. The molecule has 3 aliphatic rings. The summed E-state index contributed by atoms with van der Waals surface area (Å²) >= 11 is 1.13. The number of methoxy groups -OCH3 is 2. The molecule has 4 rings (SSSR count). The van der Waals surface area contributed by atoms with E-state index in [0.29, 0.717) is 13.0 Å². The molecular weight excluding hydrogens is 730 g/mol. The number of esters is 2. The molecule has 1 N–H and O–H groups in total. The van der Waals surface area contributed by atoms with Crippen LogP contribution in [0.15, 0.2) is 29.2 Å². The van der Waals surface area contributed by atoms with Gasteiger partial charge in [0.25, 0.3) is 0 Å². The third kappa shape index (κ3) is 17.6. The molecule has 0 bridgehead atoms. The summed E-state index contributed by atoms with van der Waals surface area (Å²) in [5.41, 5.74) is -0.185. The van der Waals surface area contributed by atoms with Crippen LogP contribution in [0.2, 0.25) is 0 Å². The molecule has 54 heavy (non-hydrogen) atoms. The number of aryl methyl sites for hydroxylation is 1. The smallest absolute Gasteiger partial charge is 1.00 e. The zero-order valence-corrected chi connectivity index (χ0v) is 36.7. The number of nitrogens with zero attached hydrogens (tertiary/aromatic N) is 2. The molecule has 17 heteroatoms. The zero-order chi connectivity index (χ0) is 39.2. The van der Waals surface area contributed by atoms with Gasteiger partial charge in [0, 0.05) is 64.5 Å². The Kier molecular flexibility index (Phi) is 23.3. The van der Waals surface area contributed by atoms with E-state index in [2.05, 4.69) is 4.74 Å². The largest absolute Gasteiger partial charge is 1.00 e. The Balaban J connectivity index is 0. The number of ether oxygens (including phenoxy) is 6. The first kappa shape index (κ1) is 51.7. The predicted octanol–water partition coefficient (Wildman–Crippen LogP) is 2.08. The molecule has 3 radical (unpaired) electrons. The van der Waals surface area contributed by atoms with Crippen molar-refractivity contribution in [3.8, 4) is 0 Å². The van der Waals surface area contributed by atoms with E-state index >= 15 is 0 Å². The van der Waals surface area contributed by atoms with Crippen molar-refractivity contribution in [3.63, 3.8) is 0 Å². The molecule has 0 spiro atoms. The van der Waals surface area contributed by atoms with E-state index in [9.17, 15) is 24.0 Å². The summed E-state index contributed by atoms with van der Waals surface area (Å²) in [7, 11) is 2.55. The third-order valence-corrected chi connectivity index (χ3v) is 9.01. The van der Waals surface area contributed by atoms with E-state index in [1.807, 2.05) is 38.1 Å². The number of aliphatic hydroxyl groups excluding tert-OH is 1. The Labute approximate surface area is 350 Å². The Morgan fingerprint density at radius 2 is 1.37 bits per heavy atom. The maximum Gasteiger partial charge on any atom is 1.00 e. The van der Waals surface area contributed by atoms with Crippen LogP contribution in [-0.2, 0) is 42.8 Å². The summed E-state index contributed by atoms with van der Waals surface area (Å²) in [4.78, 5) is 64.2. The Hall–Kier alpha value is -2.34. The van der Waals surface area contributed by atoms with Gasteiger partial charge in [0.15, 0.2) is 11.4 Å². The maximum atomic E-state index is 12.6. The summed E-state index contributed by atoms with van der Waals surface area (Å²) in [6.07, 6.45) is 1.84. The number of thioether (sulfide) groups is 1. The van der Waals surface area contributed by atoms with Crippen molar-refractivity contribution in [1.82, 2.24) is 9.80 Å². The number of benzene rings is 1. The van der Waals surface area contributed by atoms with Gasteiger partial charge < -0.3 is 35.0 Å². The fraction of sp³-hybridized carbons (Fsp3) is 0.703. The van der Waals surface area contributed by atoms with E-state index < -0.39 is 53.3 Å². The van der Waals surface area contributed by atoms with E-state index in [1.54, 1.807) is 41.5 Å². The summed E-state index contributed by atoms with van der Waals surface area (Å²) in [5, 5.41) is 9.06. The van der Waals surface area contributed by atoms with Crippen molar-refractivity contribution in [1.29, 1.82) is 0 Å². The van der Waals surface area contributed by atoms with Gasteiger partial charge in [-0.05, 0) is 86.8 Å². The summed E-state index contributed by atoms with van der Waals surface area (Å²) < 4.78 is 30.4. The molecule has 0 aliphatic carbocycles. The van der Waals surface area contributed by atoms with Gasteiger partial charge in [0.2, 0.25) is 0 Å². The molecule has 3 saturated heterocycles. The number of carbonyl (C=O) groups is 5. The fourth-order valence-corrected chi connectivity index (χ4v) is 6.34. The average molecular weight is 790 g/mol. The van der Waals surface area contributed by atoms with Gasteiger partial charge in [0.05, 0.1) is 14.2 Å². The van der Waals surface area contributed by atoms with Crippen molar-refractivity contribution in [2.24, 2.45) is 11.8 Å². The first-order valence-electron chi connectivity index (χ1n) is 17.6. The first-order valence-corrected chi connectivity index (χ1v) is 18.4. The molecule has 0 saturated carbocycles. The molecule has 5 atom stereocenters. The molecular formula is C37H59BN2NaO12S. The van der Waals surface area contributed by atoms with Crippen molar-refractivity contribution in [2.45, 2.75) is 116 Å². The van der Waals surface area contributed by atoms with Crippen LogP contribution >= 0.6 is 11.8 Å². The standard InChI is InChI=1S/C19H25NO5S.C12H21NO5.C6H12O2.B.Na.H/c1-12-6-8-14(9-7-12)26-17(22)13-10-15(16(21)24-5)20(11-13)18(23)25-19(2,3)4;1-12(2,3)18-11(16)13-6-8(7-14)5-9(13)10(15)17-4;1-2-7-6-4-3-5-8-6;;;/h6-9,13,15H,10-11H2,1-5H3;8-9,14H,5-7H2,1-4H3;6H,2-5H2,1H3;;;/q;;;;+1;-1/t13-,15+;8-,9+;;;;/m11..../s1. The molecule has 0 aromatic heterocycles. The van der Waals surface area contributed by atoms with Gasteiger partial charge >= 0.3 is 53.7 Å². The zero-order valence-electron chi connectivity index (χ0n) is 34.9. The Bertz CT molecular complexity index is 1340. The summed E-state index contributed by atoms with van der Waals surface area (Å²) in [6, 6.07) is 6.18. The molecule has 1 unspecified atom stereocenters. The molecule has 3 heterocycles. The second-order valence-corrected chi connectivity index (χ2v) is 15.8. The molecule has 3 aliphatic heterocycles. The van der Waals surface area contributed by atoms with Gasteiger partial charge in [0.1, 0.15) is 23.3 Å². The van der Waals surface area contributed by atoms with Crippen LogP contribution in [0, 0.1) is 18.8 Å². The Morgan fingerprint density at radius 1 is 0.870 bits per heavy atom. The van der Waals surface area contributed by atoms with Crippen molar-refractivity contribution >= 4 is 49.4 Å². The fourth-order valence-electron chi connectivity index (χ4n) is 5.50. The monoisotopic (exact) mass is 789 g/mol. The minimum Gasteiger partial charge on any atom is -1.00 e. The molecule has 1 aromatic rings. The van der Waals surface area contributed by atoms with Crippen LogP contribution in [0.3, 0.4) is 0 Å². The average Bonchev–Trinajstić information content (AvgIpc) is 3.85. The summed E-state index contributed by atoms with van der Waals surface area (Å²) in [5.74, 6) is -1.57. The molecule has 2 amide bonds. The minimum atomic E-state index is -0.803. The van der Waals surface area contributed by atoms with Crippen LogP contribution in [-0.4, -0.2) is 129 Å². The van der Waals surface area contributed by atoms with E-state index in [1.165, 1.54) is 24.0 Å². The predicted molar refractivity (Wildman–Crippen MR) is 200 cm³/mol. The quantitative estimate of drug-likeness (QED) is 0.185. The molecule has 14 nitrogen and oxygen atoms in total. The van der Waals surface area contributed by atoms with Gasteiger partial charge in [-0.15, -0.1) is 0 Å². The van der Waals surface area contributed by atoms with Crippen LogP contribution in [0.5, 0.6) is 0 Å². The normalized spacial score (nSPS) is 21.9. The number of aliphatic hydroxyl groups is 1. The second-order valence-electron chi connectivity index (χ2n) is 14.7. The maximum absolute atomic E-state index is 12.6. The van der Waals surface area contributed by atoms with Crippen molar-refractivity contribution in [2.75, 3.05) is 47.1 Å². The first-order chi connectivity index (χ1) is 24.3. The second kappa shape index (κ2) is 24.3. The number of amides is 2. The van der Waals surface area contributed by atoms with Gasteiger partial charge in [-0.2, -0.15) is 0 Å². The minimum absolute atomic E-state index is 0. The molecule has 1 aromatic carbocycles. The number of hydrogen-bond acceptors (Lipinski definition) is 13. The van der Waals surface area contributed by atoms with E-state index in [4.69, 9.17) is 28.8 Å². The van der Waals surface area contributed by atoms with Crippen LogP contribution in [0.4, 0.5) is 9.59 Å². The number of carbonyl (C=O) groups excluding carboxylic acids is 5. The molecule has 3 fully saturated rings. The topological polar surface area (TPSA) is 167 Å². The third-order valence-electron chi connectivity index (χ3n) is 7.96. The number of rotatable bonds is 7. The van der Waals surface area contributed by atoms with Gasteiger partial charge in [-0.3, -0.25) is 14.6 Å². The van der Waals surface area contributed by atoms with Crippen LogP contribution < -0.4 is 29.6 Å². The number of hydrogen-bond donors (Lipinski definition) is 1. The van der Waals surface area contributed by atoms with Crippen molar-refractivity contribution in [3.05, 3.63) is 29.8 Å². The van der Waals surface area contributed by atoms with Crippen molar-refractivity contribution < 1.29 is 88.5 Å².